The summed E-state index contributed by atoms with van der Waals surface area (Å²) >= 11 is 0. The van der Waals surface area contributed by atoms with E-state index in [-0.39, 0.29) is 18.2 Å². The second-order valence-electron chi connectivity index (χ2n) is 5.46. The maximum atomic E-state index is 12.5. The van der Waals surface area contributed by atoms with Crippen LogP contribution in [0, 0.1) is 6.92 Å². The van der Waals surface area contributed by atoms with E-state index < -0.39 is 5.60 Å². The molecule has 0 atom stereocenters. The number of anilines is 1. The van der Waals surface area contributed by atoms with Crippen LogP contribution in [0.3, 0.4) is 0 Å². The van der Waals surface area contributed by atoms with Gasteiger partial charge in [-0.15, -0.1) is 0 Å². The average Bonchev–Trinajstić information content (AvgIpc) is 2.39. The molecule has 108 valence electrons. The van der Waals surface area contributed by atoms with Crippen molar-refractivity contribution in [1.82, 2.24) is 5.32 Å². The molecule has 2 rings (SSSR count). The van der Waals surface area contributed by atoms with Gasteiger partial charge in [0.05, 0.1) is 5.69 Å². The van der Waals surface area contributed by atoms with Crippen molar-refractivity contribution in [2.24, 2.45) is 0 Å². The van der Waals surface area contributed by atoms with Crippen LogP contribution in [-0.2, 0) is 9.59 Å². The number of hydrogen-bond acceptors (Lipinski definition) is 3. The zero-order valence-corrected chi connectivity index (χ0v) is 12.3. The van der Waals surface area contributed by atoms with E-state index in [1.165, 1.54) is 0 Å². The van der Waals surface area contributed by atoms with Crippen LogP contribution in [-0.4, -0.2) is 31.0 Å². The van der Waals surface area contributed by atoms with Crippen LogP contribution in [0.4, 0.5) is 5.69 Å². The van der Waals surface area contributed by atoms with E-state index in [0.29, 0.717) is 12.3 Å². The number of fused-ring (bicyclic) bond motifs is 1. The van der Waals surface area contributed by atoms with Crippen LogP contribution in [0.25, 0.3) is 0 Å². The minimum Gasteiger partial charge on any atom is -0.476 e. The van der Waals surface area contributed by atoms with Crippen molar-refractivity contribution in [1.29, 1.82) is 0 Å². The number of hydrogen-bond donors (Lipinski definition) is 1. The topological polar surface area (TPSA) is 58.6 Å². The van der Waals surface area contributed by atoms with Crippen LogP contribution in [0.15, 0.2) is 18.2 Å². The first-order valence-corrected chi connectivity index (χ1v) is 6.67. The van der Waals surface area contributed by atoms with Gasteiger partial charge < -0.3 is 15.0 Å². The molecule has 0 bridgehead atoms. The van der Waals surface area contributed by atoms with E-state index in [0.717, 1.165) is 11.3 Å². The van der Waals surface area contributed by atoms with Crippen molar-refractivity contribution in [3.63, 3.8) is 0 Å². The van der Waals surface area contributed by atoms with E-state index in [4.69, 9.17) is 4.74 Å². The number of amides is 2. The molecule has 1 aromatic rings. The maximum Gasteiger partial charge on any atom is 0.270 e. The normalized spacial score (nSPS) is 16.4. The second kappa shape index (κ2) is 5.15. The first-order chi connectivity index (χ1) is 9.35. The number of nitrogens with one attached hydrogen (secondary N) is 1. The molecule has 0 aliphatic carbocycles. The molecule has 1 N–H and O–H groups in total. The largest absolute Gasteiger partial charge is 0.476 e. The first-order valence-electron chi connectivity index (χ1n) is 6.67. The smallest absolute Gasteiger partial charge is 0.270 e. The molecular formula is C15H20N2O3. The highest BCUT2D eigenvalue weighted by molar-refractivity contribution is 6.02. The molecule has 0 aromatic heterocycles. The number of rotatable bonds is 3. The Morgan fingerprint density at radius 1 is 1.40 bits per heavy atom. The highest BCUT2D eigenvalue weighted by Gasteiger charge is 2.40. The summed E-state index contributed by atoms with van der Waals surface area (Å²) in [4.78, 5) is 25.6. The number of benzene rings is 1. The van der Waals surface area contributed by atoms with Crippen molar-refractivity contribution in [3.8, 4) is 5.75 Å². The first kappa shape index (κ1) is 14.4. The van der Waals surface area contributed by atoms with Crippen molar-refractivity contribution in [2.45, 2.75) is 32.8 Å². The minimum absolute atomic E-state index is 0.0868. The summed E-state index contributed by atoms with van der Waals surface area (Å²) in [6, 6.07) is 5.72. The molecule has 1 aliphatic heterocycles. The lowest BCUT2D eigenvalue weighted by molar-refractivity contribution is -0.132. The van der Waals surface area contributed by atoms with Crippen LogP contribution >= 0.6 is 0 Å². The Hall–Kier alpha value is -2.04. The quantitative estimate of drug-likeness (QED) is 0.913. The number of carbonyl (C=O) groups excluding carboxylic acids is 2. The van der Waals surface area contributed by atoms with Gasteiger partial charge in [0.1, 0.15) is 5.75 Å². The van der Waals surface area contributed by atoms with Crippen molar-refractivity contribution in [2.75, 3.05) is 18.5 Å². The summed E-state index contributed by atoms with van der Waals surface area (Å²) in [5.41, 5.74) is 0.869. The molecule has 5 nitrogen and oxygen atoms in total. The lowest BCUT2D eigenvalue weighted by Crippen LogP contribution is -2.53. The molecule has 2 amide bonds. The zero-order chi connectivity index (χ0) is 14.9. The fourth-order valence-corrected chi connectivity index (χ4v) is 2.24. The van der Waals surface area contributed by atoms with Gasteiger partial charge in [0.15, 0.2) is 5.60 Å². The molecule has 1 aliphatic rings. The van der Waals surface area contributed by atoms with Gasteiger partial charge >= 0.3 is 0 Å². The average molecular weight is 276 g/mol. The standard InChI is InChI=1S/C15H20N2O3/c1-10-5-6-12-11(9-10)17(8-7-13(18)16-4)14(19)15(2,3)20-12/h5-6,9H,7-8H2,1-4H3,(H,16,18). The third-order valence-corrected chi connectivity index (χ3v) is 3.37. The predicted octanol–water partition coefficient (Wildman–Crippen LogP) is 1.64. The number of ether oxygens (including phenoxy) is 1. The van der Waals surface area contributed by atoms with Gasteiger partial charge in [-0.25, -0.2) is 0 Å². The second-order valence-corrected chi connectivity index (χ2v) is 5.46. The Morgan fingerprint density at radius 2 is 2.10 bits per heavy atom. The van der Waals surface area contributed by atoms with Crippen LogP contribution in [0.2, 0.25) is 0 Å². The highest BCUT2D eigenvalue weighted by atomic mass is 16.5. The monoisotopic (exact) mass is 276 g/mol. The summed E-state index contributed by atoms with van der Waals surface area (Å²) in [6.07, 6.45) is 0.270. The van der Waals surface area contributed by atoms with E-state index in [1.807, 2.05) is 25.1 Å². The zero-order valence-electron chi connectivity index (χ0n) is 12.3. The Labute approximate surface area is 118 Å². The molecule has 1 heterocycles. The number of aryl methyl sites for hydroxylation is 1. The molecule has 1 aromatic carbocycles. The minimum atomic E-state index is -0.912. The lowest BCUT2D eigenvalue weighted by Gasteiger charge is -2.38. The van der Waals surface area contributed by atoms with Gasteiger partial charge in [-0.1, -0.05) is 6.07 Å². The summed E-state index contributed by atoms with van der Waals surface area (Å²) in [5, 5.41) is 2.57. The number of carbonyl (C=O) groups is 2. The fraction of sp³-hybridized carbons (Fsp3) is 0.467. The fourth-order valence-electron chi connectivity index (χ4n) is 2.24. The third-order valence-electron chi connectivity index (χ3n) is 3.37. The Bertz CT molecular complexity index is 552. The summed E-state index contributed by atoms with van der Waals surface area (Å²) in [5.74, 6) is 0.466. The molecule has 0 unspecified atom stereocenters. The van der Waals surface area contributed by atoms with Gasteiger partial charge in [-0.05, 0) is 38.5 Å². The third kappa shape index (κ3) is 2.61. The van der Waals surface area contributed by atoms with Crippen molar-refractivity contribution >= 4 is 17.5 Å². The van der Waals surface area contributed by atoms with E-state index in [2.05, 4.69) is 5.32 Å². The lowest BCUT2D eigenvalue weighted by atomic mass is 10.0. The van der Waals surface area contributed by atoms with Gasteiger partial charge in [-0.2, -0.15) is 0 Å². The summed E-state index contributed by atoms with van der Waals surface area (Å²) in [7, 11) is 1.59. The van der Waals surface area contributed by atoms with Gasteiger partial charge in [0.25, 0.3) is 5.91 Å². The Balaban J connectivity index is 2.35. The molecule has 20 heavy (non-hydrogen) atoms. The molecule has 0 saturated carbocycles. The summed E-state index contributed by atoms with van der Waals surface area (Å²) < 4.78 is 5.76. The molecule has 0 spiro atoms. The van der Waals surface area contributed by atoms with Crippen LogP contribution in [0.5, 0.6) is 5.75 Å². The molecule has 0 fully saturated rings. The van der Waals surface area contributed by atoms with E-state index in [1.54, 1.807) is 25.8 Å². The van der Waals surface area contributed by atoms with Crippen LogP contribution < -0.4 is 15.0 Å². The van der Waals surface area contributed by atoms with Gasteiger partial charge in [0.2, 0.25) is 5.91 Å². The number of nitrogens with zero attached hydrogens (tertiary/aromatic N) is 1. The molecule has 0 saturated heterocycles. The van der Waals surface area contributed by atoms with Gasteiger partial charge in [0, 0.05) is 20.0 Å². The predicted molar refractivity (Wildman–Crippen MR) is 76.9 cm³/mol. The van der Waals surface area contributed by atoms with Gasteiger partial charge in [-0.3, -0.25) is 9.59 Å². The van der Waals surface area contributed by atoms with E-state index in [9.17, 15) is 9.59 Å². The molecule has 0 radical (unpaired) electrons. The molecular weight excluding hydrogens is 256 g/mol. The Kier molecular flexibility index (Phi) is 3.70. The summed E-state index contributed by atoms with van der Waals surface area (Å²) in [6.45, 7) is 5.79. The highest BCUT2D eigenvalue weighted by Crippen LogP contribution is 2.38. The SMILES string of the molecule is CNC(=O)CCN1C(=O)C(C)(C)Oc2ccc(C)cc21. The van der Waals surface area contributed by atoms with Crippen molar-refractivity contribution in [3.05, 3.63) is 23.8 Å². The Morgan fingerprint density at radius 3 is 2.75 bits per heavy atom. The van der Waals surface area contributed by atoms with E-state index >= 15 is 0 Å². The molecule has 5 heteroatoms. The van der Waals surface area contributed by atoms with Crippen molar-refractivity contribution < 1.29 is 14.3 Å². The van der Waals surface area contributed by atoms with Crippen LogP contribution in [0.1, 0.15) is 25.8 Å². The maximum absolute atomic E-state index is 12.5.